The van der Waals surface area contributed by atoms with Crippen LogP contribution < -0.4 is 15.0 Å². The molecule has 2 aromatic rings. The van der Waals surface area contributed by atoms with Crippen LogP contribution in [0.2, 0.25) is 0 Å². The van der Waals surface area contributed by atoms with Crippen LogP contribution in [0.3, 0.4) is 0 Å². The number of carbonyl (C=O) groups is 1. The van der Waals surface area contributed by atoms with Crippen LogP contribution in [0.5, 0.6) is 5.75 Å². The van der Waals surface area contributed by atoms with Crippen molar-refractivity contribution < 1.29 is 17.9 Å². The number of para-hydroxylation sites is 1. The highest BCUT2D eigenvalue weighted by molar-refractivity contribution is 9.10. The second kappa shape index (κ2) is 6.51. The van der Waals surface area contributed by atoms with Crippen LogP contribution in [-0.2, 0) is 17.1 Å². The maximum atomic E-state index is 12.2. The van der Waals surface area contributed by atoms with Gasteiger partial charge in [0.1, 0.15) is 16.3 Å². The number of aryl methyl sites for hydroxylation is 1. The standard InChI is InChI=1S/C13H14BrN3O4S/c1-17-8-9(14)7-10(17)13(18)15-16-22(19,20)12-6-4-3-5-11(12)21-2/h3-8,16H,1-2H3,(H,15,18). The summed E-state index contributed by atoms with van der Waals surface area (Å²) in [5.74, 6) is -0.391. The molecule has 0 aliphatic carbocycles. The number of methoxy groups -OCH3 is 1. The van der Waals surface area contributed by atoms with E-state index in [2.05, 4.69) is 21.4 Å². The van der Waals surface area contributed by atoms with Gasteiger partial charge in [-0.1, -0.05) is 12.1 Å². The first kappa shape index (κ1) is 16.5. The monoisotopic (exact) mass is 387 g/mol. The van der Waals surface area contributed by atoms with E-state index in [0.29, 0.717) is 10.2 Å². The number of benzene rings is 1. The number of hydrogen-bond donors (Lipinski definition) is 2. The average Bonchev–Trinajstić information content (AvgIpc) is 2.83. The first-order valence-electron chi connectivity index (χ1n) is 6.12. The molecule has 1 heterocycles. The van der Waals surface area contributed by atoms with Gasteiger partial charge in [-0.15, -0.1) is 4.83 Å². The van der Waals surface area contributed by atoms with E-state index in [1.54, 1.807) is 36.0 Å². The molecule has 1 aromatic carbocycles. The highest BCUT2D eigenvalue weighted by Gasteiger charge is 2.20. The average molecular weight is 388 g/mol. The number of carbonyl (C=O) groups excluding carboxylic acids is 1. The molecule has 0 bridgehead atoms. The molecule has 2 N–H and O–H groups in total. The summed E-state index contributed by atoms with van der Waals surface area (Å²) >= 11 is 3.24. The van der Waals surface area contributed by atoms with Crippen molar-refractivity contribution >= 4 is 31.9 Å². The Morgan fingerprint density at radius 1 is 1.32 bits per heavy atom. The first-order chi connectivity index (χ1) is 10.3. The van der Waals surface area contributed by atoms with Gasteiger partial charge in [0.15, 0.2) is 0 Å². The third-order valence-electron chi connectivity index (χ3n) is 2.86. The topological polar surface area (TPSA) is 89.4 Å². The van der Waals surface area contributed by atoms with E-state index < -0.39 is 15.9 Å². The summed E-state index contributed by atoms with van der Waals surface area (Å²) in [5.41, 5.74) is 2.47. The van der Waals surface area contributed by atoms with Gasteiger partial charge in [-0.2, -0.15) is 0 Å². The summed E-state index contributed by atoms with van der Waals surface area (Å²) in [4.78, 5) is 14.0. The Hall–Kier alpha value is -1.84. The molecule has 0 fully saturated rings. The van der Waals surface area contributed by atoms with Crippen LogP contribution >= 0.6 is 15.9 Å². The van der Waals surface area contributed by atoms with E-state index in [1.165, 1.54) is 19.2 Å². The first-order valence-corrected chi connectivity index (χ1v) is 8.40. The molecule has 1 amide bonds. The number of sulfonamides is 1. The third kappa shape index (κ3) is 3.49. The lowest BCUT2D eigenvalue weighted by molar-refractivity contribution is 0.0937. The highest BCUT2D eigenvalue weighted by atomic mass is 79.9. The lowest BCUT2D eigenvalue weighted by atomic mass is 10.3. The van der Waals surface area contributed by atoms with Crippen molar-refractivity contribution in [1.82, 2.24) is 14.8 Å². The zero-order valence-electron chi connectivity index (χ0n) is 11.8. The Morgan fingerprint density at radius 2 is 2.00 bits per heavy atom. The molecule has 0 saturated heterocycles. The highest BCUT2D eigenvalue weighted by Crippen LogP contribution is 2.22. The van der Waals surface area contributed by atoms with Gasteiger partial charge in [-0.25, -0.2) is 8.42 Å². The van der Waals surface area contributed by atoms with E-state index in [9.17, 15) is 13.2 Å². The van der Waals surface area contributed by atoms with Crippen LogP contribution in [0.4, 0.5) is 0 Å². The van der Waals surface area contributed by atoms with Crippen LogP contribution in [0.1, 0.15) is 10.5 Å². The largest absolute Gasteiger partial charge is 0.495 e. The Bertz CT molecular complexity index is 801. The number of amides is 1. The van der Waals surface area contributed by atoms with Gasteiger partial charge < -0.3 is 9.30 Å². The maximum Gasteiger partial charge on any atom is 0.282 e. The molecule has 22 heavy (non-hydrogen) atoms. The van der Waals surface area contributed by atoms with E-state index in [-0.39, 0.29) is 10.6 Å². The molecule has 0 aliphatic heterocycles. The van der Waals surface area contributed by atoms with Gasteiger partial charge in [0.25, 0.3) is 15.9 Å². The number of aromatic nitrogens is 1. The molecule has 118 valence electrons. The van der Waals surface area contributed by atoms with Crippen LogP contribution in [0, 0.1) is 0 Å². The predicted molar refractivity (Wildman–Crippen MR) is 83.9 cm³/mol. The number of ether oxygens (including phenoxy) is 1. The minimum Gasteiger partial charge on any atom is -0.495 e. The number of halogens is 1. The quantitative estimate of drug-likeness (QED) is 0.759. The molecule has 9 heteroatoms. The van der Waals surface area contributed by atoms with E-state index in [0.717, 1.165) is 0 Å². The van der Waals surface area contributed by atoms with Gasteiger partial charge in [-0.05, 0) is 34.1 Å². The van der Waals surface area contributed by atoms with Crippen molar-refractivity contribution in [3.8, 4) is 5.75 Å². The van der Waals surface area contributed by atoms with Gasteiger partial charge in [-0.3, -0.25) is 10.2 Å². The number of rotatable bonds is 5. The van der Waals surface area contributed by atoms with Crippen molar-refractivity contribution in [2.75, 3.05) is 7.11 Å². The Labute approximate surface area is 136 Å². The predicted octanol–water partition coefficient (Wildman–Crippen LogP) is 1.42. The van der Waals surface area contributed by atoms with Crippen LogP contribution in [0.15, 0.2) is 45.9 Å². The van der Waals surface area contributed by atoms with E-state index in [4.69, 9.17) is 4.74 Å². The number of hydrogen-bond acceptors (Lipinski definition) is 4. The van der Waals surface area contributed by atoms with Gasteiger partial charge in [0.2, 0.25) is 0 Å². The minimum absolute atomic E-state index is 0.0640. The van der Waals surface area contributed by atoms with Gasteiger partial charge in [0.05, 0.1) is 7.11 Å². The fourth-order valence-electron chi connectivity index (χ4n) is 1.82. The van der Waals surface area contributed by atoms with E-state index >= 15 is 0 Å². The molecule has 0 aliphatic rings. The molecule has 1 aromatic heterocycles. The molecule has 7 nitrogen and oxygen atoms in total. The fourth-order valence-corrected chi connectivity index (χ4v) is 3.36. The summed E-state index contributed by atoms with van der Waals surface area (Å²) in [5, 5.41) is 0. The van der Waals surface area contributed by atoms with E-state index in [1.807, 2.05) is 4.83 Å². The molecule has 0 spiro atoms. The lowest BCUT2D eigenvalue weighted by Gasteiger charge is -2.11. The molecule has 0 unspecified atom stereocenters. The molecule has 2 rings (SSSR count). The number of nitrogens with zero attached hydrogens (tertiary/aromatic N) is 1. The summed E-state index contributed by atoms with van der Waals surface area (Å²) in [6.07, 6.45) is 1.68. The molecular weight excluding hydrogens is 374 g/mol. The summed E-state index contributed by atoms with van der Waals surface area (Å²) in [6, 6.07) is 7.69. The Kier molecular flexibility index (Phi) is 4.89. The second-order valence-corrected chi connectivity index (χ2v) is 6.93. The van der Waals surface area contributed by atoms with Crippen molar-refractivity contribution in [2.24, 2.45) is 7.05 Å². The zero-order valence-corrected chi connectivity index (χ0v) is 14.2. The van der Waals surface area contributed by atoms with Crippen LogP contribution in [-0.4, -0.2) is 26.0 Å². The van der Waals surface area contributed by atoms with Crippen molar-refractivity contribution in [3.63, 3.8) is 0 Å². The normalized spacial score (nSPS) is 11.2. The number of nitrogens with one attached hydrogen (secondary N) is 2. The molecule has 0 saturated carbocycles. The molecule has 0 radical (unpaired) electrons. The Balaban J connectivity index is 2.16. The van der Waals surface area contributed by atoms with Gasteiger partial charge in [0, 0.05) is 17.7 Å². The third-order valence-corrected chi connectivity index (χ3v) is 4.58. The van der Waals surface area contributed by atoms with Crippen LogP contribution in [0.25, 0.3) is 0 Å². The maximum absolute atomic E-state index is 12.2. The summed E-state index contributed by atoms with van der Waals surface area (Å²) < 4.78 is 31.7. The number of hydrazine groups is 1. The molecule has 0 atom stereocenters. The SMILES string of the molecule is COc1ccccc1S(=O)(=O)NNC(=O)c1cc(Br)cn1C. The summed E-state index contributed by atoms with van der Waals surface area (Å²) in [7, 11) is -0.896. The minimum atomic E-state index is -3.94. The molecular formula is C13H14BrN3O4S. The van der Waals surface area contributed by atoms with Crippen molar-refractivity contribution in [1.29, 1.82) is 0 Å². The zero-order chi connectivity index (χ0) is 16.3. The summed E-state index contributed by atoms with van der Waals surface area (Å²) in [6.45, 7) is 0. The second-order valence-electron chi connectivity index (χ2n) is 4.36. The van der Waals surface area contributed by atoms with Crippen molar-refractivity contribution in [3.05, 3.63) is 46.7 Å². The lowest BCUT2D eigenvalue weighted by Crippen LogP contribution is -2.42. The Morgan fingerprint density at radius 3 is 2.59 bits per heavy atom. The van der Waals surface area contributed by atoms with Crippen molar-refractivity contribution in [2.45, 2.75) is 4.90 Å². The fraction of sp³-hybridized carbons (Fsp3) is 0.154. The smallest absolute Gasteiger partial charge is 0.282 e. The van der Waals surface area contributed by atoms with Gasteiger partial charge >= 0.3 is 0 Å².